The fraction of sp³-hybridized carbons (Fsp3) is 0.350. The number of primary amides is 1. The monoisotopic (exact) mass is 420 g/mol. The molecule has 2 amide bonds. The topological polar surface area (TPSA) is 108 Å². The number of rotatable bonds is 7. The highest BCUT2D eigenvalue weighted by atomic mass is 32.1. The summed E-state index contributed by atoms with van der Waals surface area (Å²) in [6.07, 6.45) is 0.444. The maximum absolute atomic E-state index is 12.9. The lowest BCUT2D eigenvalue weighted by Crippen LogP contribution is -2.35. The SMILES string of the molecule is C[C@H](Oc1ccc(F)cc1)C(=O)O[C@H](C)C(=O)Nc1sc2c(c1C(N)=O)CCC2. The molecule has 1 aromatic carbocycles. The number of ether oxygens (including phenoxy) is 2. The maximum Gasteiger partial charge on any atom is 0.347 e. The Morgan fingerprint density at radius 1 is 1.14 bits per heavy atom. The molecule has 3 N–H and O–H groups in total. The molecule has 2 atom stereocenters. The molecule has 29 heavy (non-hydrogen) atoms. The molecule has 2 aromatic rings. The van der Waals surface area contributed by atoms with Gasteiger partial charge >= 0.3 is 5.97 Å². The highest BCUT2D eigenvalue weighted by Crippen LogP contribution is 2.38. The highest BCUT2D eigenvalue weighted by molar-refractivity contribution is 7.17. The number of nitrogens with two attached hydrogens (primary N) is 1. The van der Waals surface area contributed by atoms with E-state index in [0.717, 1.165) is 29.7 Å². The maximum atomic E-state index is 12.9. The van der Waals surface area contributed by atoms with Crippen LogP contribution in [0.1, 0.15) is 41.1 Å². The number of esters is 1. The van der Waals surface area contributed by atoms with Crippen LogP contribution in [0.25, 0.3) is 0 Å². The summed E-state index contributed by atoms with van der Waals surface area (Å²) in [7, 11) is 0. The van der Waals surface area contributed by atoms with Gasteiger partial charge in [0.1, 0.15) is 16.6 Å². The van der Waals surface area contributed by atoms with Crippen LogP contribution in [0.2, 0.25) is 0 Å². The predicted molar refractivity (Wildman–Crippen MR) is 106 cm³/mol. The van der Waals surface area contributed by atoms with E-state index in [2.05, 4.69) is 5.32 Å². The van der Waals surface area contributed by atoms with E-state index in [4.69, 9.17) is 15.2 Å². The average Bonchev–Trinajstić information content (AvgIpc) is 3.23. The third kappa shape index (κ3) is 4.73. The van der Waals surface area contributed by atoms with Crippen LogP contribution in [0.4, 0.5) is 9.39 Å². The quantitative estimate of drug-likeness (QED) is 0.670. The summed E-state index contributed by atoms with van der Waals surface area (Å²) in [6, 6.07) is 5.18. The van der Waals surface area contributed by atoms with Gasteiger partial charge in [-0.25, -0.2) is 9.18 Å². The Morgan fingerprint density at radius 3 is 2.48 bits per heavy atom. The molecule has 1 heterocycles. The van der Waals surface area contributed by atoms with Gasteiger partial charge in [0.05, 0.1) is 5.56 Å². The Balaban J connectivity index is 1.60. The molecule has 0 saturated heterocycles. The Morgan fingerprint density at radius 2 is 1.83 bits per heavy atom. The zero-order chi connectivity index (χ0) is 21.1. The van der Waals surface area contributed by atoms with Gasteiger partial charge in [-0.05, 0) is 62.9 Å². The van der Waals surface area contributed by atoms with E-state index in [1.165, 1.54) is 49.4 Å². The molecule has 0 bridgehead atoms. The van der Waals surface area contributed by atoms with Crippen molar-refractivity contribution in [3.63, 3.8) is 0 Å². The lowest BCUT2D eigenvalue weighted by atomic mass is 10.1. The molecular weight excluding hydrogens is 399 g/mol. The minimum atomic E-state index is -1.11. The van der Waals surface area contributed by atoms with Gasteiger partial charge in [-0.1, -0.05) is 0 Å². The molecule has 7 nitrogen and oxygen atoms in total. The first kappa shape index (κ1) is 20.8. The third-order valence-electron chi connectivity index (χ3n) is 4.53. The van der Waals surface area contributed by atoms with Crippen molar-refractivity contribution in [2.45, 2.75) is 45.3 Å². The first-order valence-corrected chi connectivity index (χ1v) is 9.95. The van der Waals surface area contributed by atoms with Crippen molar-refractivity contribution < 1.29 is 28.2 Å². The highest BCUT2D eigenvalue weighted by Gasteiger charge is 2.28. The Bertz CT molecular complexity index is 941. The molecule has 3 rings (SSSR count). The molecule has 154 valence electrons. The van der Waals surface area contributed by atoms with Gasteiger partial charge in [-0.15, -0.1) is 11.3 Å². The average molecular weight is 420 g/mol. The minimum absolute atomic E-state index is 0.298. The molecule has 0 saturated carbocycles. The molecule has 0 radical (unpaired) electrons. The number of amides is 2. The van der Waals surface area contributed by atoms with Gasteiger partial charge < -0.3 is 20.5 Å². The van der Waals surface area contributed by atoms with Crippen LogP contribution in [0.5, 0.6) is 5.75 Å². The fourth-order valence-corrected chi connectivity index (χ4v) is 4.35. The number of halogens is 1. The Labute approximate surface area is 171 Å². The molecule has 1 aliphatic rings. The number of fused-ring (bicyclic) bond motifs is 1. The summed E-state index contributed by atoms with van der Waals surface area (Å²) in [4.78, 5) is 37.5. The van der Waals surface area contributed by atoms with Crippen molar-refractivity contribution in [1.29, 1.82) is 0 Å². The van der Waals surface area contributed by atoms with E-state index >= 15 is 0 Å². The first-order valence-electron chi connectivity index (χ1n) is 9.14. The van der Waals surface area contributed by atoms with E-state index < -0.39 is 35.8 Å². The number of benzene rings is 1. The van der Waals surface area contributed by atoms with Crippen molar-refractivity contribution >= 4 is 34.1 Å². The zero-order valence-corrected chi connectivity index (χ0v) is 16.8. The number of thiophene rings is 1. The second-order valence-corrected chi connectivity index (χ2v) is 7.81. The van der Waals surface area contributed by atoms with Crippen LogP contribution in [-0.4, -0.2) is 30.0 Å². The van der Waals surface area contributed by atoms with Crippen molar-refractivity contribution in [3.05, 3.63) is 46.1 Å². The van der Waals surface area contributed by atoms with Crippen molar-refractivity contribution in [2.75, 3.05) is 5.32 Å². The zero-order valence-electron chi connectivity index (χ0n) is 16.0. The summed E-state index contributed by atoms with van der Waals surface area (Å²) in [5.74, 6) is -2.04. The summed E-state index contributed by atoms with van der Waals surface area (Å²) in [5, 5.41) is 3.02. The lowest BCUT2D eigenvalue weighted by molar-refractivity contribution is -0.159. The van der Waals surface area contributed by atoms with Gasteiger partial charge in [0.25, 0.3) is 11.8 Å². The van der Waals surface area contributed by atoms with E-state index in [1.54, 1.807) is 0 Å². The Kier molecular flexibility index (Phi) is 6.17. The fourth-order valence-electron chi connectivity index (χ4n) is 3.06. The van der Waals surface area contributed by atoms with Gasteiger partial charge in [0.15, 0.2) is 12.2 Å². The Hall–Kier alpha value is -2.94. The molecule has 1 aromatic heterocycles. The van der Waals surface area contributed by atoms with Crippen LogP contribution >= 0.6 is 11.3 Å². The summed E-state index contributed by atoms with van der Waals surface area (Å²) in [5.41, 5.74) is 6.71. The number of carbonyl (C=O) groups excluding carboxylic acids is 3. The van der Waals surface area contributed by atoms with E-state index in [1.807, 2.05) is 0 Å². The van der Waals surface area contributed by atoms with Crippen LogP contribution in [0.3, 0.4) is 0 Å². The number of carbonyl (C=O) groups is 3. The first-order chi connectivity index (χ1) is 13.8. The molecule has 1 aliphatic carbocycles. The number of aryl methyl sites for hydroxylation is 1. The lowest BCUT2D eigenvalue weighted by Gasteiger charge is -2.17. The molecule has 0 fully saturated rings. The van der Waals surface area contributed by atoms with Crippen LogP contribution < -0.4 is 15.8 Å². The molecule has 9 heteroatoms. The molecule has 0 spiro atoms. The summed E-state index contributed by atoms with van der Waals surface area (Å²) in [6.45, 7) is 2.88. The van der Waals surface area contributed by atoms with Gasteiger partial charge in [-0.2, -0.15) is 0 Å². The smallest absolute Gasteiger partial charge is 0.347 e. The number of hydrogen-bond donors (Lipinski definition) is 2. The number of hydrogen-bond acceptors (Lipinski definition) is 6. The summed E-state index contributed by atoms with van der Waals surface area (Å²) >= 11 is 1.32. The van der Waals surface area contributed by atoms with Gasteiger partial charge in [0, 0.05) is 4.88 Å². The normalized spacial score (nSPS) is 14.6. The molecular formula is C20H21FN2O5S. The molecule has 0 aliphatic heterocycles. The van der Waals surface area contributed by atoms with Crippen LogP contribution in [-0.2, 0) is 27.2 Å². The van der Waals surface area contributed by atoms with Crippen molar-refractivity contribution in [1.82, 2.24) is 0 Å². The number of anilines is 1. The van der Waals surface area contributed by atoms with Crippen molar-refractivity contribution in [2.24, 2.45) is 5.73 Å². The van der Waals surface area contributed by atoms with Gasteiger partial charge in [0.2, 0.25) is 0 Å². The predicted octanol–water partition coefficient (Wildman–Crippen LogP) is 2.81. The van der Waals surface area contributed by atoms with Gasteiger partial charge in [-0.3, -0.25) is 9.59 Å². The summed E-state index contributed by atoms with van der Waals surface area (Å²) < 4.78 is 23.5. The third-order valence-corrected chi connectivity index (χ3v) is 5.73. The standard InChI is InChI=1S/C20H21FN2O5S/c1-10(28-20(26)11(2)27-13-8-6-12(21)7-9-13)18(25)23-19-16(17(22)24)14-4-3-5-15(14)29-19/h6-11H,3-5H2,1-2H3,(H2,22,24)(H,23,25)/t10-,11+/m1/s1. The van der Waals surface area contributed by atoms with Crippen LogP contribution in [0.15, 0.2) is 24.3 Å². The minimum Gasteiger partial charge on any atom is -0.479 e. The van der Waals surface area contributed by atoms with Crippen molar-refractivity contribution in [3.8, 4) is 5.75 Å². The largest absolute Gasteiger partial charge is 0.479 e. The van der Waals surface area contributed by atoms with E-state index in [9.17, 15) is 18.8 Å². The molecule has 0 unspecified atom stereocenters. The van der Waals surface area contributed by atoms with Crippen LogP contribution in [0, 0.1) is 5.82 Å². The second-order valence-electron chi connectivity index (χ2n) is 6.71. The second kappa shape index (κ2) is 8.60. The van der Waals surface area contributed by atoms with E-state index in [0.29, 0.717) is 16.3 Å². The van der Waals surface area contributed by atoms with E-state index in [-0.39, 0.29) is 0 Å². The number of nitrogens with one attached hydrogen (secondary N) is 1.